The third kappa shape index (κ3) is 3.66. The van der Waals surface area contributed by atoms with E-state index in [9.17, 15) is 9.59 Å². The van der Waals surface area contributed by atoms with Gasteiger partial charge in [0.25, 0.3) is 0 Å². The Hall–Kier alpha value is -1.69. The van der Waals surface area contributed by atoms with E-state index in [-0.39, 0.29) is 5.91 Å². The zero-order chi connectivity index (χ0) is 14.5. The summed E-state index contributed by atoms with van der Waals surface area (Å²) < 4.78 is 0. The Bertz CT molecular complexity index is 507. The monoisotopic (exact) mass is 294 g/mol. The molecule has 1 aliphatic heterocycles. The number of carbonyl (C=O) groups is 2. The fourth-order valence-corrected chi connectivity index (χ4v) is 3.29. The average Bonchev–Trinajstić information content (AvgIpc) is 2.45. The van der Waals surface area contributed by atoms with Crippen molar-refractivity contribution < 1.29 is 14.7 Å². The van der Waals surface area contributed by atoms with E-state index in [4.69, 9.17) is 10.8 Å². The number of nitrogens with two attached hydrogens (primary N) is 1. The molecular formula is C14H18N2O3S. The van der Waals surface area contributed by atoms with Crippen LogP contribution in [0.5, 0.6) is 0 Å². The number of rotatable bonds is 4. The van der Waals surface area contributed by atoms with Gasteiger partial charge in [0.15, 0.2) is 0 Å². The number of benzene rings is 1. The average molecular weight is 294 g/mol. The number of nitrogen functional groups attached to an aromatic ring is 1. The van der Waals surface area contributed by atoms with Gasteiger partial charge in [0, 0.05) is 30.2 Å². The first-order chi connectivity index (χ1) is 9.58. The van der Waals surface area contributed by atoms with Gasteiger partial charge in [-0.2, -0.15) is 11.8 Å². The lowest BCUT2D eigenvalue weighted by molar-refractivity contribution is -0.149. The lowest BCUT2D eigenvalue weighted by Crippen LogP contribution is -2.50. The minimum atomic E-state index is -0.922. The molecule has 1 amide bonds. The molecule has 6 heteroatoms. The Labute approximate surface area is 122 Å². The molecule has 1 unspecified atom stereocenters. The highest BCUT2D eigenvalue weighted by Gasteiger charge is 2.31. The van der Waals surface area contributed by atoms with Crippen LogP contribution in [0.1, 0.15) is 12.0 Å². The molecule has 0 aromatic heterocycles. The van der Waals surface area contributed by atoms with Crippen molar-refractivity contribution in [1.82, 2.24) is 4.90 Å². The molecule has 1 aliphatic rings. The van der Waals surface area contributed by atoms with E-state index in [0.29, 0.717) is 30.8 Å². The Kier molecular flexibility index (Phi) is 4.89. The van der Waals surface area contributed by atoms with E-state index >= 15 is 0 Å². The summed E-state index contributed by atoms with van der Waals surface area (Å²) in [6.45, 7) is 0.511. The fourth-order valence-electron chi connectivity index (χ4n) is 2.25. The normalized spacial score (nSPS) is 18.8. The minimum absolute atomic E-state index is 0.0971. The lowest BCUT2D eigenvalue weighted by atomic mass is 10.1. The second-order valence-electron chi connectivity index (χ2n) is 4.76. The third-order valence-electron chi connectivity index (χ3n) is 3.31. The van der Waals surface area contributed by atoms with Gasteiger partial charge in [0.05, 0.1) is 0 Å². The molecule has 1 heterocycles. The van der Waals surface area contributed by atoms with E-state index in [0.717, 1.165) is 11.3 Å². The first-order valence-electron chi connectivity index (χ1n) is 6.52. The summed E-state index contributed by atoms with van der Waals surface area (Å²) in [6.07, 6.45) is 0.901. The zero-order valence-electron chi connectivity index (χ0n) is 11.1. The summed E-state index contributed by atoms with van der Waals surface area (Å²) in [5, 5.41) is 9.16. The Morgan fingerprint density at radius 1 is 1.45 bits per heavy atom. The van der Waals surface area contributed by atoms with Crippen LogP contribution in [0.4, 0.5) is 5.69 Å². The molecule has 1 aromatic carbocycles. The maximum atomic E-state index is 12.2. The van der Waals surface area contributed by atoms with Gasteiger partial charge >= 0.3 is 5.97 Å². The largest absolute Gasteiger partial charge is 0.480 e. The molecule has 2 rings (SSSR count). The predicted octanol–water partition coefficient (Wildman–Crippen LogP) is 1.23. The van der Waals surface area contributed by atoms with Crippen molar-refractivity contribution >= 4 is 29.3 Å². The number of carboxylic acid groups (broad SMARTS) is 1. The second kappa shape index (κ2) is 6.65. The number of aryl methyl sites for hydroxylation is 1. The van der Waals surface area contributed by atoms with Crippen molar-refractivity contribution in [3.8, 4) is 0 Å². The highest BCUT2D eigenvalue weighted by Crippen LogP contribution is 2.18. The van der Waals surface area contributed by atoms with Crippen LogP contribution in [0.15, 0.2) is 24.3 Å². The number of amides is 1. The zero-order valence-corrected chi connectivity index (χ0v) is 11.9. The van der Waals surface area contributed by atoms with Gasteiger partial charge in [-0.25, -0.2) is 4.79 Å². The van der Waals surface area contributed by atoms with Crippen LogP contribution in [0.25, 0.3) is 0 Å². The number of anilines is 1. The van der Waals surface area contributed by atoms with Crippen molar-refractivity contribution in [3.63, 3.8) is 0 Å². The molecule has 0 bridgehead atoms. The molecule has 0 aliphatic carbocycles. The molecule has 0 spiro atoms. The number of thioether (sulfide) groups is 1. The van der Waals surface area contributed by atoms with Crippen molar-refractivity contribution in [2.75, 3.05) is 23.8 Å². The third-order valence-corrected chi connectivity index (χ3v) is 4.34. The van der Waals surface area contributed by atoms with Crippen LogP contribution in [0.3, 0.4) is 0 Å². The first-order valence-corrected chi connectivity index (χ1v) is 7.68. The Morgan fingerprint density at radius 2 is 2.25 bits per heavy atom. The molecule has 1 saturated heterocycles. The number of carbonyl (C=O) groups excluding carboxylic acids is 1. The lowest BCUT2D eigenvalue weighted by Gasteiger charge is -2.32. The molecule has 0 radical (unpaired) electrons. The van der Waals surface area contributed by atoms with Crippen molar-refractivity contribution in [3.05, 3.63) is 29.8 Å². The van der Waals surface area contributed by atoms with Crippen molar-refractivity contribution in [2.24, 2.45) is 0 Å². The van der Waals surface area contributed by atoms with Crippen LogP contribution in [-0.4, -0.2) is 46.0 Å². The molecule has 0 saturated carbocycles. The van der Waals surface area contributed by atoms with Crippen LogP contribution in [0, 0.1) is 0 Å². The minimum Gasteiger partial charge on any atom is -0.480 e. The van der Waals surface area contributed by atoms with Gasteiger partial charge in [-0.1, -0.05) is 12.1 Å². The summed E-state index contributed by atoms with van der Waals surface area (Å²) in [4.78, 5) is 24.8. The van der Waals surface area contributed by atoms with E-state index in [1.54, 1.807) is 17.8 Å². The van der Waals surface area contributed by atoms with E-state index in [1.165, 1.54) is 4.90 Å². The van der Waals surface area contributed by atoms with Crippen LogP contribution < -0.4 is 5.73 Å². The topological polar surface area (TPSA) is 83.6 Å². The summed E-state index contributed by atoms with van der Waals surface area (Å²) in [6, 6.07) is 6.72. The van der Waals surface area contributed by atoms with Crippen LogP contribution in [-0.2, 0) is 16.0 Å². The fraction of sp³-hybridized carbons (Fsp3) is 0.429. The predicted molar refractivity (Wildman–Crippen MR) is 79.6 cm³/mol. The Morgan fingerprint density at radius 3 is 2.95 bits per heavy atom. The number of nitrogens with zero attached hydrogens (tertiary/aromatic N) is 1. The highest BCUT2D eigenvalue weighted by molar-refractivity contribution is 7.99. The van der Waals surface area contributed by atoms with Gasteiger partial charge in [-0.3, -0.25) is 4.79 Å². The smallest absolute Gasteiger partial charge is 0.327 e. The van der Waals surface area contributed by atoms with Crippen LogP contribution >= 0.6 is 11.8 Å². The summed E-state index contributed by atoms with van der Waals surface area (Å²) in [5.74, 6) is 0.252. The number of hydrogen-bond donors (Lipinski definition) is 2. The molecule has 1 aromatic rings. The van der Waals surface area contributed by atoms with Gasteiger partial charge in [-0.15, -0.1) is 0 Å². The number of carboxylic acids is 1. The molecule has 20 heavy (non-hydrogen) atoms. The summed E-state index contributed by atoms with van der Waals surface area (Å²) >= 11 is 1.58. The van der Waals surface area contributed by atoms with Gasteiger partial charge in [0.1, 0.15) is 6.04 Å². The van der Waals surface area contributed by atoms with E-state index < -0.39 is 12.0 Å². The van der Waals surface area contributed by atoms with Crippen molar-refractivity contribution in [1.29, 1.82) is 0 Å². The Balaban J connectivity index is 1.95. The highest BCUT2D eigenvalue weighted by atomic mass is 32.2. The molecule has 1 fully saturated rings. The van der Waals surface area contributed by atoms with Gasteiger partial charge in [-0.05, 0) is 24.1 Å². The molecule has 108 valence electrons. The standard InChI is InChI=1S/C14H18N2O3S/c15-11-3-1-2-10(8-11)4-5-13(17)16-6-7-20-9-12(16)14(18)19/h1-3,8,12H,4-7,9,15H2,(H,18,19). The number of hydrogen-bond acceptors (Lipinski definition) is 4. The van der Waals surface area contributed by atoms with Crippen molar-refractivity contribution in [2.45, 2.75) is 18.9 Å². The number of aliphatic carboxylic acids is 1. The molecule has 3 N–H and O–H groups in total. The summed E-state index contributed by atoms with van der Waals surface area (Å²) in [7, 11) is 0. The van der Waals surface area contributed by atoms with Crippen LogP contribution in [0.2, 0.25) is 0 Å². The van der Waals surface area contributed by atoms with E-state index in [1.807, 2.05) is 18.2 Å². The van der Waals surface area contributed by atoms with E-state index in [2.05, 4.69) is 0 Å². The first kappa shape index (κ1) is 14.7. The maximum Gasteiger partial charge on any atom is 0.327 e. The summed E-state index contributed by atoms with van der Waals surface area (Å²) in [5.41, 5.74) is 7.36. The second-order valence-corrected chi connectivity index (χ2v) is 5.91. The molecule has 5 nitrogen and oxygen atoms in total. The van der Waals surface area contributed by atoms with Gasteiger partial charge in [0.2, 0.25) is 5.91 Å². The molecule has 1 atom stereocenters. The van der Waals surface area contributed by atoms with Gasteiger partial charge < -0.3 is 15.7 Å². The molecular weight excluding hydrogens is 276 g/mol. The quantitative estimate of drug-likeness (QED) is 0.816. The maximum absolute atomic E-state index is 12.2. The SMILES string of the molecule is Nc1cccc(CCC(=O)N2CCSCC2C(=O)O)c1.